The number of anilines is 1. The minimum atomic E-state index is -0.128. The first kappa shape index (κ1) is 16.5. The summed E-state index contributed by atoms with van der Waals surface area (Å²) in [5.74, 6) is 0.831. The average Bonchev–Trinajstić information content (AvgIpc) is 3.25. The van der Waals surface area contributed by atoms with Gasteiger partial charge in [-0.2, -0.15) is 0 Å². The third-order valence-electron chi connectivity index (χ3n) is 4.15. The second-order valence-electron chi connectivity index (χ2n) is 5.85. The minimum Gasteiger partial charge on any atom is -0.493 e. The Morgan fingerprint density at radius 3 is 3.08 bits per heavy atom. The lowest BCUT2D eigenvalue weighted by Crippen LogP contribution is -2.13. The van der Waals surface area contributed by atoms with Crippen LogP contribution in [0, 0.1) is 10.5 Å². The predicted octanol–water partition coefficient (Wildman–Crippen LogP) is 4.91. The van der Waals surface area contributed by atoms with Gasteiger partial charge >= 0.3 is 0 Å². The fourth-order valence-corrected chi connectivity index (χ4v) is 4.12. The van der Waals surface area contributed by atoms with E-state index in [1.54, 1.807) is 0 Å². The van der Waals surface area contributed by atoms with Crippen LogP contribution in [0.1, 0.15) is 21.5 Å². The summed E-state index contributed by atoms with van der Waals surface area (Å²) in [6.45, 7) is 2.74. The molecule has 1 aliphatic heterocycles. The number of hydrogen-bond acceptors (Lipinski definition) is 4. The summed E-state index contributed by atoms with van der Waals surface area (Å²) < 4.78 is 6.51. The van der Waals surface area contributed by atoms with Crippen LogP contribution < -0.4 is 10.1 Å². The molecule has 2 heterocycles. The maximum Gasteiger partial charge on any atom is 0.258 e. The Bertz CT molecular complexity index is 968. The summed E-state index contributed by atoms with van der Waals surface area (Å²) in [4.78, 5) is 17.1. The molecule has 2 aromatic carbocycles. The molecule has 0 bridgehead atoms. The number of carbonyl (C=O) groups excluding carboxylic acids is 1. The van der Waals surface area contributed by atoms with E-state index < -0.39 is 0 Å². The van der Waals surface area contributed by atoms with Crippen LogP contribution in [0.5, 0.6) is 5.75 Å². The maximum atomic E-state index is 12.5. The highest BCUT2D eigenvalue weighted by atomic mass is 127. The van der Waals surface area contributed by atoms with Gasteiger partial charge in [-0.15, -0.1) is 11.3 Å². The Morgan fingerprint density at radius 2 is 2.20 bits per heavy atom. The first-order chi connectivity index (χ1) is 12.1. The fraction of sp³-hybridized carbons (Fsp3) is 0.158. The molecule has 0 saturated carbocycles. The van der Waals surface area contributed by atoms with Crippen molar-refractivity contribution in [2.24, 2.45) is 0 Å². The third kappa shape index (κ3) is 3.28. The van der Waals surface area contributed by atoms with Crippen molar-refractivity contribution in [2.75, 3.05) is 11.9 Å². The van der Waals surface area contributed by atoms with Gasteiger partial charge in [-0.1, -0.05) is 12.1 Å². The largest absolute Gasteiger partial charge is 0.493 e. The van der Waals surface area contributed by atoms with Crippen molar-refractivity contribution < 1.29 is 9.53 Å². The normalized spacial score (nSPS) is 12.6. The van der Waals surface area contributed by atoms with E-state index in [9.17, 15) is 4.79 Å². The number of nitrogens with one attached hydrogen (secondary N) is 1. The topological polar surface area (TPSA) is 51.2 Å². The molecule has 25 heavy (non-hydrogen) atoms. The molecule has 1 aromatic heterocycles. The first-order valence-corrected chi connectivity index (χ1v) is 9.86. The smallest absolute Gasteiger partial charge is 0.258 e. The lowest BCUT2D eigenvalue weighted by molar-refractivity contribution is 0.102. The number of carbonyl (C=O) groups is 1. The zero-order valence-corrected chi connectivity index (χ0v) is 16.5. The molecule has 1 aliphatic rings. The van der Waals surface area contributed by atoms with Crippen LogP contribution >= 0.6 is 33.9 Å². The van der Waals surface area contributed by atoms with E-state index in [1.807, 2.05) is 42.6 Å². The quantitative estimate of drug-likeness (QED) is 0.563. The van der Waals surface area contributed by atoms with E-state index in [0.29, 0.717) is 10.7 Å². The number of halogens is 1. The minimum absolute atomic E-state index is 0.128. The van der Waals surface area contributed by atoms with Crippen LogP contribution in [-0.4, -0.2) is 17.5 Å². The number of ether oxygens (including phenoxy) is 1. The van der Waals surface area contributed by atoms with Crippen molar-refractivity contribution in [1.82, 2.24) is 4.98 Å². The molecule has 0 fully saturated rings. The highest BCUT2D eigenvalue weighted by Gasteiger charge is 2.16. The second-order valence-corrected chi connectivity index (χ2v) is 7.79. The van der Waals surface area contributed by atoms with E-state index in [1.165, 1.54) is 16.9 Å². The number of aryl methyl sites for hydroxylation is 1. The molecule has 0 spiro atoms. The van der Waals surface area contributed by atoms with Gasteiger partial charge in [-0.25, -0.2) is 4.98 Å². The standard InChI is InChI=1S/C19H15IN2O2S/c1-11-3-2-4-14(17(11)20)18(23)22-19-21-15(10-25-19)12-5-6-16-13(9-12)7-8-24-16/h2-6,9-10H,7-8H2,1H3,(H,21,22,23). The molecule has 4 nitrogen and oxygen atoms in total. The Hall–Kier alpha value is -1.93. The van der Waals surface area contributed by atoms with Gasteiger partial charge in [0.25, 0.3) is 5.91 Å². The number of rotatable bonds is 3. The van der Waals surface area contributed by atoms with Gasteiger partial charge < -0.3 is 4.74 Å². The molecular weight excluding hydrogens is 447 g/mol. The van der Waals surface area contributed by atoms with E-state index in [4.69, 9.17) is 4.74 Å². The first-order valence-electron chi connectivity index (χ1n) is 7.90. The van der Waals surface area contributed by atoms with Gasteiger partial charge in [0.05, 0.1) is 17.9 Å². The van der Waals surface area contributed by atoms with Crippen LogP contribution in [0.2, 0.25) is 0 Å². The van der Waals surface area contributed by atoms with Crippen molar-refractivity contribution in [2.45, 2.75) is 13.3 Å². The van der Waals surface area contributed by atoms with Crippen LogP contribution in [0.4, 0.5) is 5.13 Å². The van der Waals surface area contributed by atoms with Gasteiger partial charge in [-0.05, 0) is 64.9 Å². The molecule has 3 aromatic rings. The number of fused-ring (bicyclic) bond motifs is 1. The highest BCUT2D eigenvalue weighted by Crippen LogP contribution is 2.32. The van der Waals surface area contributed by atoms with Crippen LogP contribution in [0.3, 0.4) is 0 Å². The predicted molar refractivity (Wildman–Crippen MR) is 109 cm³/mol. The van der Waals surface area contributed by atoms with E-state index >= 15 is 0 Å². The number of amides is 1. The molecule has 0 atom stereocenters. The van der Waals surface area contributed by atoms with E-state index in [2.05, 4.69) is 39.0 Å². The molecule has 6 heteroatoms. The van der Waals surface area contributed by atoms with Crippen molar-refractivity contribution in [3.63, 3.8) is 0 Å². The molecule has 0 saturated heterocycles. The van der Waals surface area contributed by atoms with Gasteiger partial charge in [0.1, 0.15) is 5.75 Å². The number of benzene rings is 2. The summed E-state index contributed by atoms with van der Waals surface area (Å²) in [5, 5.41) is 5.48. The van der Waals surface area contributed by atoms with Crippen LogP contribution in [0.25, 0.3) is 11.3 Å². The summed E-state index contributed by atoms with van der Waals surface area (Å²) >= 11 is 3.64. The molecule has 126 valence electrons. The zero-order valence-electron chi connectivity index (χ0n) is 13.5. The SMILES string of the molecule is Cc1cccc(C(=O)Nc2nc(-c3ccc4c(c3)CCO4)cs2)c1I. The lowest BCUT2D eigenvalue weighted by atomic mass is 10.1. The van der Waals surface area contributed by atoms with Gasteiger partial charge in [-0.3, -0.25) is 10.1 Å². The molecule has 4 rings (SSSR count). The fourth-order valence-electron chi connectivity index (χ4n) is 2.80. The number of aromatic nitrogens is 1. The Morgan fingerprint density at radius 1 is 1.32 bits per heavy atom. The molecule has 1 N–H and O–H groups in total. The lowest BCUT2D eigenvalue weighted by Gasteiger charge is -2.06. The molecule has 0 aliphatic carbocycles. The Balaban J connectivity index is 1.55. The zero-order chi connectivity index (χ0) is 17.4. The molecule has 0 unspecified atom stereocenters. The third-order valence-corrected chi connectivity index (χ3v) is 6.34. The van der Waals surface area contributed by atoms with Crippen molar-refractivity contribution in [3.8, 4) is 17.0 Å². The van der Waals surface area contributed by atoms with Crippen molar-refractivity contribution >= 4 is 45.0 Å². The van der Waals surface area contributed by atoms with Crippen molar-refractivity contribution in [1.29, 1.82) is 0 Å². The molecule has 0 radical (unpaired) electrons. The summed E-state index contributed by atoms with van der Waals surface area (Å²) in [5.41, 5.74) is 4.89. The molecule has 1 amide bonds. The maximum absolute atomic E-state index is 12.5. The second kappa shape index (κ2) is 6.76. The van der Waals surface area contributed by atoms with Gasteiger partial charge in [0.15, 0.2) is 5.13 Å². The van der Waals surface area contributed by atoms with E-state index in [0.717, 1.165) is 39.2 Å². The Labute approximate surface area is 163 Å². The van der Waals surface area contributed by atoms with Gasteiger partial charge in [0, 0.05) is 20.9 Å². The summed E-state index contributed by atoms with van der Waals surface area (Å²) in [6.07, 6.45) is 0.933. The number of thiazole rings is 1. The number of nitrogens with zero attached hydrogens (tertiary/aromatic N) is 1. The molecular formula is C19H15IN2O2S. The summed E-state index contributed by atoms with van der Waals surface area (Å²) in [6, 6.07) is 11.8. The van der Waals surface area contributed by atoms with Crippen LogP contribution in [0.15, 0.2) is 41.8 Å². The van der Waals surface area contributed by atoms with Crippen molar-refractivity contribution in [3.05, 3.63) is 62.0 Å². The highest BCUT2D eigenvalue weighted by molar-refractivity contribution is 14.1. The van der Waals surface area contributed by atoms with Gasteiger partial charge in [0.2, 0.25) is 0 Å². The average molecular weight is 462 g/mol. The van der Waals surface area contributed by atoms with E-state index in [-0.39, 0.29) is 5.91 Å². The monoisotopic (exact) mass is 462 g/mol. The number of hydrogen-bond donors (Lipinski definition) is 1. The van der Waals surface area contributed by atoms with Crippen LogP contribution in [-0.2, 0) is 6.42 Å². The Kier molecular flexibility index (Phi) is 4.47. The summed E-state index contributed by atoms with van der Waals surface area (Å²) in [7, 11) is 0.